The third-order valence-corrected chi connectivity index (χ3v) is 5.58. The molecule has 0 unspecified atom stereocenters. The number of hydrogen-bond donors (Lipinski definition) is 1. The zero-order chi connectivity index (χ0) is 20.5. The molecule has 8 heteroatoms. The monoisotopic (exact) mass is 402 g/mol. The Morgan fingerprint density at radius 2 is 1.89 bits per heavy atom. The van der Waals surface area contributed by atoms with E-state index in [1.54, 1.807) is 19.1 Å². The summed E-state index contributed by atoms with van der Waals surface area (Å²) in [4.78, 5) is 14.4. The number of ether oxygens (including phenoxy) is 1. The average molecular weight is 402 g/mol. The van der Waals surface area contributed by atoms with Gasteiger partial charge in [0.15, 0.2) is 5.76 Å². The van der Waals surface area contributed by atoms with E-state index >= 15 is 0 Å². The van der Waals surface area contributed by atoms with Gasteiger partial charge in [-0.3, -0.25) is 4.79 Å². The van der Waals surface area contributed by atoms with Gasteiger partial charge in [0.1, 0.15) is 16.2 Å². The molecule has 0 fully saturated rings. The molecule has 0 radical (unpaired) electrons. The van der Waals surface area contributed by atoms with E-state index in [1.165, 1.54) is 18.2 Å². The number of fused-ring (bicyclic) bond motifs is 1. The summed E-state index contributed by atoms with van der Waals surface area (Å²) < 4.78 is 38.3. The molecule has 148 valence electrons. The van der Waals surface area contributed by atoms with Crippen LogP contribution >= 0.6 is 0 Å². The number of amides is 1. The lowest BCUT2D eigenvalue weighted by Gasteiger charge is -2.14. The first-order valence-electron chi connectivity index (χ1n) is 8.73. The number of carbonyl (C=O) groups excluding carboxylic acids is 1. The molecule has 0 aliphatic rings. The van der Waals surface area contributed by atoms with E-state index < -0.39 is 15.9 Å². The first-order chi connectivity index (χ1) is 13.2. The molecule has 0 aliphatic carbocycles. The van der Waals surface area contributed by atoms with Gasteiger partial charge in [0.25, 0.3) is 10.0 Å². The molecule has 0 bridgehead atoms. The Morgan fingerprint density at radius 3 is 2.57 bits per heavy atom. The largest absolute Gasteiger partial charge is 0.492 e. The molecule has 1 aromatic heterocycles. The molecule has 3 aromatic rings. The van der Waals surface area contributed by atoms with Gasteiger partial charge in [-0.2, -0.15) is 0 Å². The maximum Gasteiger partial charge on any atom is 0.300 e. The maximum atomic E-state index is 12.7. The second kappa shape index (κ2) is 7.55. The second-order valence-corrected chi connectivity index (χ2v) is 8.15. The summed E-state index contributed by atoms with van der Waals surface area (Å²) in [7, 11) is -0.301. The van der Waals surface area contributed by atoms with Gasteiger partial charge in [-0.15, -0.1) is 0 Å². The molecule has 3 rings (SSSR count). The average Bonchev–Trinajstić information content (AvgIpc) is 3.04. The molecule has 1 heterocycles. The Hall–Kier alpha value is -3.00. The van der Waals surface area contributed by atoms with E-state index in [9.17, 15) is 13.2 Å². The first kappa shape index (κ1) is 19.8. The van der Waals surface area contributed by atoms with Crippen LogP contribution in [0.3, 0.4) is 0 Å². The van der Waals surface area contributed by atoms with Crippen LogP contribution in [0, 0.1) is 6.92 Å². The molecule has 2 aromatic carbocycles. The van der Waals surface area contributed by atoms with Crippen molar-refractivity contribution >= 4 is 32.6 Å². The van der Waals surface area contributed by atoms with Gasteiger partial charge in [-0.05, 0) is 43.7 Å². The highest BCUT2D eigenvalue weighted by molar-refractivity contribution is 7.90. The fraction of sp³-hybridized carbons (Fsp3) is 0.250. The van der Waals surface area contributed by atoms with Crippen molar-refractivity contribution < 1.29 is 22.4 Å². The van der Waals surface area contributed by atoms with Gasteiger partial charge in [0, 0.05) is 31.2 Å². The molecule has 0 saturated carbocycles. The van der Waals surface area contributed by atoms with Gasteiger partial charge in [-0.25, -0.2) is 13.1 Å². The van der Waals surface area contributed by atoms with E-state index in [4.69, 9.17) is 9.15 Å². The van der Waals surface area contributed by atoms with Crippen molar-refractivity contribution in [1.29, 1.82) is 0 Å². The fourth-order valence-electron chi connectivity index (χ4n) is 2.96. The molecular weight excluding hydrogens is 380 g/mol. The highest BCUT2D eigenvalue weighted by Gasteiger charge is 2.24. The van der Waals surface area contributed by atoms with E-state index in [-0.39, 0.29) is 16.4 Å². The number of anilines is 1. The minimum absolute atomic E-state index is 0.0808. The van der Waals surface area contributed by atoms with E-state index in [0.29, 0.717) is 12.2 Å². The number of benzene rings is 2. The molecule has 28 heavy (non-hydrogen) atoms. The summed E-state index contributed by atoms with van der Waals surface area (Å²) in [5.74, 6) is -0.740. The van der Waals surface area contributed by atoms with Crippen molar-refractivity contribution in [3.05, 3.63) is 53.8 Å². The van der Waals surface area contributed by atoms with E-state index in [0.717, 1.165) is 16.6 Å². The lowest BCUT2D eigenvalue weighted by Crippen LogP contribution is -2.30. The summed E-state index contributed by atoms with van der Waals surface area (Å²) >= 11 is 0. The molecule has 1 N–H and O–H groups in total. The van der Waals surface area contributed by atoms with Crippen molar-refractivity contribution in [3.63, 3.8) is 0 Å². The van der Waals surface area contributed by atoms with Crippen LogP contribution in [0.15, 0.2) is 51.8 Å². The third kappa shape index (κ3) is 3.82. The third-order valence-electron chi connectivity index (χ3n) is 4.21. The highest BCUT2D eigenvalue weighted by Crippen LogP contribution is 2.28. The van der Waals surface area contributed by atoms with Crippen molar-refractivity contribution in [2.45, 2.75) is 18.7 Å². The zero-order valence-electron chi connectivity index (χ0n) is 16.1. The lowest BCUT2D eigenvalue weighted by atomic mass is 10.1. The number of rotatable bonds is 6. The smallest absolute Gasteiger partial charge is 0.300 e. The number of furan rings is 1. The van der Waals surface area contributed by atoms with Crippen molar-refractivity contribution in [2.75, 3.05) is 25.6 Å². The van der Waals surface area contributed by atoms with Gasteiger partial charge in [0.05, 0.1) is 6.61 Å². The summed E-state index contributed by atoms with van der Waals surface area (Å²) in [5.41, 5.74) is 2.47. The van der Waals surface area contributed by atoms with Gasteiger partial charge in [0.2, 0.25) is 0 Å². The number of carbonyl (C=O) groups is 1. The Balaban J connectivity index is 1.92. The Labute approximate surface area is 163 Å². The van der Waals surface area contributed by atoms with Gasteiger partial charge in [-0.1, -0.05) is 12.1 Å². The number of aryl methyl sites for hydroxylation is 1. The van der Waals surface area contributed by atoms with Crippen LogP contribution in [0.2, 0.25) is 0 Å². The van der Waals surface area contributed by atoms with Crippen LogP contribution in [0.25, 0.3) is 11.0 Å². The van der Waals surface area contributed by atoms with Crippen LogP contribution in [0.5, 0.6) is 5.75 Å². The predicted octanol–water partition coefficient (Wildman–Crippen LogP) is 3.32. The predicted molar refractivity (Wildman–Crippen MR) is 108 cm³/mol. The molecule has 0 atom stereocenters. The number of hydrogen-bond acceptors (Lipinski definition) is 6. The van der Waals surface area contributed by atoms with Crippen LogP contribution in [-0.2, 0) is 10.0 Å². The van der Waals surface area contributed by atoms with Crippen LogP contribution < -0.4 is 14.4 Å². The maximum absolute atomic E-state index is 12.7. The number of nitrogens with zero attached hydrogens (tertiary/aromatic N) is 1. The van der Waals surface area contributed by atoms with Crippen molar-refractivity contribution in [2.24, 2.45) is 0 Å². The SMILES string of the molecule is CCOc1ccccc1S(=O)(=O)NC(=O)c1cc2cc(C)c(N(C)C)cc2o1. The van der Waals surface area contributed by atoms with Crippen LogP contribution in [0.4, 0.5) is 5.69 Å². The Bertz CT molecular complexity index is 1130. The molecular formula is C20H22N2O5S. The molecule has 7 nitrogen and oxygen atoms in total. The number of nitrogens with one attached hydrogen (secondary N) is 1. The lowest BCUT2D eigenvalue weighted by molar-refractivity contribution is 0.0956. The minimum atomic E-state index is -4.12. The highest BCUT2D eigenvalue weighted by atomic mass is 32.2. The molecule has 0 saturated heterocycles. The van der Waals surface area contributed by atoms with Gasteiger partial charge < -0.3 is 14.1 Å². The second-order valence-electron chi connectivity index (χ2n) is 6.50. The van der Waals surface area contributed by atoms with Crippen molar-refractivity contribution in [3.8, 4) is 5.75 Å². The Kier molecular flexibility index (Phi) is 5.33. The summed E-state index contributed by atoms with van der Waals surface area (Å²) in [6.07, 6.45) is 0. The van der Waals surface area contributed by atoms with E-state index in [1.807, 2.05) is 42.8 Å². The minimum Gasteiger partial charge on any atom is -0.492 e. The topological polar surface area (TPSA) is 88.8 Å². The van der Waals surface area contributed by atoms with Crippen LogP contribution in [0.1, 0.15) is 23.0 Å². The summed E-state index contributed by atoms with van der Waals surface area (Å²) in [6, 6.07) is 11.4. The summed E-state index contributed by atoms with van der Waals surface area (Å²) in [5, 5.41) is 0.723. The Morgan fingerprint density at radius 1 is 1.18 bits per heavy atom. The standard InChI is InChI=1S/C20H22N2O5S/c1-5-26-16-8-6-7-9-19(16)28(24,25)21-20(23)18-11-14-10-13(2)15(22(3)4)12-17(14)27-18/h6-12H,5H2,1-4H3,(H,21,23). The van der Waals surface area contributed by atoms with Gasteiger partial charge >= 0.3 is 5.91 Å². The fourth-order valence-corrected chi connectivity index (χ4v) is 4.06. The molecule has 1 amide bonds. The number of sulfonamides is 1. The van der Waals surface area contributed by atoms with Crippen LogP contribution in [-0.4, -0.2) is 35.0 Å². The zero-order valence-corrected chi connectivity index (χ0v) is 17.0. The quantitative estimate of drug-likeness (QED) is 0.680. The normalized spacial score (nSPS) is 11.4. The number of para-hydroxylation sites is 1. The first-order valence-corrected chi connectivity index (χ1v) is 10.2. The molecule has 0 spiro atoms. The van der Waals surface area contributed by atoms with Crippen molar-refractivity contribution in [1.82, 2.24) is 4.72 Å². The molecule has 0 aliphatic heterocycles. The summed E-state index contributed by atoms with van der Waals surface area (Å²) in [6.45, 7) is 4.01. The van der Waals surface area contributed by atoms with E-state index in [2.05, 4.69) is 0 Å².